The molecule has 2 heterocycles. The summed E-state index contributed by atoms with van der Waals surface area (Å²) in [4.78, 5) is 4.46. The minimum atomic E-state index is -0.318. The maximum atomic E-state index is 6.08. The maximum absolute atomic E-state index is 6.08. The van der Waals surface area contributed by atoms with E-state index in [4.69, 9.17) is 9.31 Å². The van der Waals surface area contributed by atoms with Crippen LogP contribution in [-0.4, -0.2) is 23.3 Å². The summed E-state index contributed by atoms with van der Waals surface area (Å²) in [7, 11) is -0.318. The number of rotatable bonds is 2. The molecular formula is C14H22BNO2. The van der Waals surface area contributed by atoms with Gasteiger partial charge in [-0.25, -0.2) is 0 Å². The SMILES string of the molecule is CC(C)c1ncccc1B1OC(C)(C)C(C)(C)O1. The van der Waals surface area contributed by atoms with Crippen LogP contribution in [-0.2, 0) is 9.31 Å². The molecule has 1 fully saturated rings. The van der Waals surface area contributed by atoms with E-state index in [0.29, 0.717) is 5.92 Å². The van der Waals surface area contributed by atoms with Gasteiger partial charge in [-0.1, -0.05) is 19.9 Å². The van der Waals surface area contributed by atoms with Gasteiger partial charge in [-0.2, -0.15) is 0 Å². The molecule has 0 aromatic carbocycles. The van der Waals surface area contributed by atoms with Gasteiger partial charge < -0.3 is 9.31 Å². The van der Waals surface area contributed by atoms with E-state index in [2.05, 4.69) is 46.5 Å². The van der Waals surface area contributed by atoms with Crippen LogP contribution in [0.15, 0.2) is 18.3 Å². The molecule has 18 heavy (non-hydrogen) atoms. The van der Waals surface area contributed by atoms with E-state index in [0.717, 1.165) is 11.2 Å². The fourth-order valence-electron chi connectivity index (χ4n) is 2.08. The normalized spacial score (nSPS) is 21.6. The van der Waals surface area contributed by atoms with E-state index in [1.807, 2.05) is 18.3 Å². The van der Waals surface area contributed by atoms with Crippen molar-refractivity contribution in [3.8, 4) is 0 Å². The molecule has 98 valence electrons. The van der Waals surface area contributed by atoms with Gasteiger partial charge in [0, 0.05) is 17.4 Å². The highest BCUT2D eigenvalue weighted by molar-refractivity contribution is 6.62. The third kappa shape index (κ3) is 2.19. The Morgan fingerprint density at radius 3 is 2.17 bits per heavy atom. The lowest BCUT2D eigenvalue weighted by Gasteiger charge is -2.32. The van der Waals surface area contributed by atoms with Gasteiger partial charge in [0.15, 0.2) is 0 Å². The smallest absolute Gasteiger partial charge is 0.399 e. The predicted octanol–water partition coefficient (Wildman–Crippen LogP) is 2.50. The van der Waals surface area contributed by atoms with Crippen LogP contribution in [0.4, 0.5) is 0 Å². The Balaban J connectivity index is 2.35. The molecule has 0 atom stereocenters. The fourth-order valence-corrected chi connectivity index (χ4v) is 2.08. The molecule has 1 aromatic rings. The van der Waals surface area contributed by atoms with Gasteiger partial charge in [-0.05, 0) is 39.7 Å². The molecule has 1 saturated heterocycles. The lowest BCUT2D eigenvalue weighted by atomic mass is 9.76. The van der Waals surface area contributed by atoms with Crippen LogP contribution >= 0.6 is 0 Å². The third-order valence-electron chi connectivity index (χ3n) is 3.93. The number of hydrogen-bond acceptors (Lipinski definition) is 3. The number of pyridine rings is 1. The summed E-state index contributed by atoms with van der Waals surface area (Å²) >= 11 is 0. The first-order chi connectivity index (χ1) is 8.24. The van der Waals surface area contributed by atoms with Crippen LogP contribution in [0.3, 0.4) is 0 Å². The lowest BCUT2D eigenvalue weighted by Crippen LogP contribution is -2.41. The van der Waals surface area contributed by atoms with Crippen molar-refractivity contribution in [2.75, 3.05) is 0 Å². The number of nitrogens with zero attached hydrogens (tertiary/aromatic N) is 1. The molecule has 0 unspecified atom stereocenters. The Labute approximate surface area is 110 Å². The van der Waals surface area contributed by atoms with Crippen molar-refractivity contribution >= 4 is 12.6 Å². The molecule has 4 heteroatoms. The molecular weight excluding hydrogens is 225 g/mol. The standard InChI is InChI=1S/C14H22BNO2/c1-10(2)12-11(8-7-9-16-12)15-17-13(3,4)14(5,6)18-15/h7-10H,1-6H3. The van der Waals surface area contributed by atoms with E-state index in [1.54, 1.807) is 0 Å². The summed E-state index contributed by atoms with van der Waals surface area (Å²) in [5.74, 6) is 0.361. The van der Waals surface area contributed by atoms with E-state index < -0.39 is 0 Å². The van der Waals surface area contributed by atoms with Crippen LogP contribution in [0, 0.1) is 0 Å². The van der Waals surface area contributed by atoms with Crippen molar-refractivity contribution in [2.45, 2.75) is 58.7 Å². The molecule has 1 aliphatic heterocycles. The zero-order valence-corrected chi connectivity index (χ0v) is 12.2. The summed E-state index contributed by atoms with van der Waals surface area (Å²) in [6.45, 7) is 12.5. The molecule has 3 nitrogen and oxygen atoms in total. The van der Waals surface area contributed by atoms with E-state index in [-0.39, 0.29) is 18.3 Å². The minimum absolute atomic E-state index is 0.304. The summed E-state index contributed by atoms with van der Waals surface area (Å²) in [6.07, 6.45) is 1.82. The monoisotopic (exact) mass is 247 g/mol. The first-order valence-electron chi connectivity index (χ1n) is 6.55. The van der Waals surface area contributed by atoms with Crippen molar-refractivity contribution in [3.05, 3.63) is 24.0 Å². The molecule has 0 N–H and O–H groups in total. The van der Waals surface area contributed by atoms with Crippen LogP contribution in [0.1, 0.15) is 53.2 Å². The quantitative estimate of drug-likeness (QED) is 0.752. The van der Waals surface area contributed by atoms with Crippen LogP contribution in [0.5, 0.6) is 0 Å². The van der Waals surface area contributed by atoms with Gasteiger partial charge in [0.05, 0.1) is 11.2 Å². The Kier molecular flexibility index (Phi) is 3.28. The zero-order valence-electron chi connectivity index (χ0n) is 12.2. The Hall–Kier alpha value is -0.865. The summed E-state index contributed by atoms with van der Waals surface area (Å²) in [5, 5.41) is 0. The summed E-state index contributed by atoms with van der Waals surface area (Å²) in [6, 6.07) is 3.98. The zero-order chi connectivity index (χ0) is 13.6. The van der Waals surface area contributed by atoms with E-state index in [9.17, 15) is 0 Å². The molecule has 0 radical (unpaired) electrons. The van der Waals surface area contributed by atoms with Crippen LogP contribution in [0.2, 0.25) is 0 Å². The van der Waals surface area contributed by atoms with Crippen LogP contribution in [0.25, 0.3) is 0 Å². The molecule has 1 aromatic heterocycles. The van der Waals surface area contributed by atoms with Gasteiger partial charge in [0.1, 0.15) is 0 Å². The van der Waals surface area contributed by atoms with Gasteiger partial charge in [0.25, 0.3) is 0 Å². The largest absolute Gasteiger partial charge is 0.496 e. The molecule has 0 spiro atoms. The highest BCUT2D eigenvalue weighted by Crippen LogP contribution is 2.36. The van der Waals surface area contributed by atoms with Gasteiger partial charge in [-0.15, -0.1) is 0 Å². The number of aromatic nitrogens is 1. The van der Waals surface area contributed by atoms with Crippen LogP contribution < -0.4 is 5.46 Å². The number of hydrogen-bond donors (Lipinski definition) is 0. The van der Waals surface area contributed by atoms with Crippen molar-refractivity contribution < 1.29 is 9.31 Å². The molecule has 1 aliphatic rings. The topological polar surface area (TPSA) is 31.4 Å². The molecule has 0 bridgehead atoms. The van der Waals surface area contributed by atoms with Crippen molar-refractivity contribution in [1.82, 2.24) is 4.98 Å². The van der Waals surface area contributed by atoms with Crippen molar-refractivity contribution in [3.63, 3.8) is 0 Å². The second kappa shape index (κ2) is 4.35. The third-order valence-corrected chi connectivity index (χ3v) is 3.93. The van der Waals surface area contributed by atoms with Gasteiger partial charge in [0.2, 0.25) is 0 Å². The molecule has 0 amide bonds. The highest BCUT2D eigenvalue weighted by atomic mass is 16.7. The molecule has 2 rings (SSSR count). The first kappa shape index (κ1) is 13.6. The lowest BCUT2D eigenvalue weighted by molar-refractivity contribution is 0.00578. The average molecular weight is 247 g/mol. The Morgan fingerprint density at radius 1 is 1.11 bits per heavy atom. The van der Waals surface area contributed by atoms with E-state index in [1.165, 1.54) is 0 Å². The van der Waals surface area contributed by atoms with Gasteiger partial charge in [-0.3, -0.25) is 4.98 Å². The van der Waals surface area contributed by atoms with Crippen molar-refractivity contribution in [2.24, 2.45) is 0 Å². The van der Waals surface area contributed by atoms with Crippen molar-refractivity contribution in [1.29, 1.82) is 0 Å². The average Bonchev–Trinajstić information content (AvgIpc) is 2.48. The summed E-state index contributed by atoms with van der Waals surface area (Å²) < 4.78 is 12.2. The Bertz CT molecular complexity index is 427. The Morgan fingerprint density at radius 2 is 1.67 bits per heavy atom. The fraction of sp³-hybridized carbons (Fsp3) is 0.643. The van der Waals surface area contributed by atoms with Gasteiger partial charge >= 0.3 is 7.12 Å². The molecule has 0 aliphatic carbocycles. The summed E-state index contributed by atoms with van der Waals surface area (Å²) in [5.41, 5.74) is 1.49. The highest BCUT2D eigenvalue weighted by Gasteiger charge is 2.52. The first-order valence-corrected chi connectivity index (χ1v) is 6.55. The predicted molar refractivity (Wildman–Crippen MR) is 74.0 cm³/mol. The second-order valence-electron chi connectivity index (χ2n) is 6.22. The maximum Gasteiger partial charge on any atom is 0.496 e. The van der Waals surface area contributed by atoms with E-state index >= 15 is 0 Å². The minimum Gasteiger partial charge on any atom is -0.399 e. The second-order valence-corrected chi connectivity index (χ2v) is 6.22. The molecule has 0 saturated carbocycles.